The SMILES string of the molecule is CN(C)C(=O)CN=C(NCC1CCCO1)N1CCN(c2ccncc2Cl)CC1.I. The Morgan fingerprint density at radius 2 is 2.14 bits per heavy atom. The third kappa shape index (κ3) is 6.85. The Hall–Kier alpha value is -1.33. The lowest BCUT2D eigenvalue weighted by Crippen LogP contribution is -2.53. The molecule has 1 unspecified atom stereocenters. The van der Waals surface area contributed by atoms with Gasteiger partial charge in [0.1, 0.15) is 6.54 Å². The van der Waals surface area contributed by atoms with E-state index in [4.69, 9.17) is 16.3 Å². The first-order valence-electron chi connectivity index (χ1n) is 9.74. The summed E-state index contributed by atoms with van der Waals surface area (Å²) in [6.45, 7) is 4.92. The van der Waals surface area contributed by atoms with E-state index >= 15 is 0 Å². The van der Waals surface area contributed by atoms with Crippen molar-refractivity contribution >= 4 is 53.1 Å². The van der Waals surface area contributed by atoms with Crippen LogP contribution in [0.2, 0.25) is 5.02 Å². The third-order valence-corrected chi connectivity index (χ3v) is 5.34. The lowest BCUT2D eigenvalue weighted by atomic mass is 10.2. The zero-order chi connectivity index (χ0) is 19.9. The number of likely N-dealkylation sites (N-methyl/N-ethyl adjacent to an activating group) is 1. The van der Waals surface area contributed by atoms with Crippen LogP contribution < -0.4 is 10.2 Å². The maximum atomic E-state index is 12.0. The fourth-order valence-corrected chi connectivity index (χ4v) is 3.58. The van der Waals surface area contributed by atoms with Crippen LogP contribution in [0.4, 0.5) is 5.69 Å². The molecule has 2 aliphatic heterocycles. The van der Waals surface area contributed by atoms with Crippen molar-refractivity contribution in [3.8, 4) is 0 Å². The minimum Gasteiger partial charge on any atom is -0.376 e. The molecule has 1 atom stereocenters. The van der Waals surface area contributed by atoms with Gasteiger partial charge in [0.2, 0.25) is 5.91 Å². The molecule has 10 heteroatoms. The Kier molecular flexibility index (Phi) is 9.70. The summed E-state index contributed by atoms with van der Waals surface area (Å²) >= 11 is 6.28. The van der Waals surface area contributed by atoms with Gasteiger partial charge in [-0.1, -0.05) is 11.6 Å². The molecular formula is C19H30ClIN6O2. The van der Waals surface area contributed by atoms with Gasteiger partial charge in [-0.15, -0.1) is 24.0 Å². The van der Waals surface area contributed by atoms with Crippen LogP contribution in [0.1, 0.15) is 12.8 Å². The topological polar surface area (TPSA) is 73.3 Å². The Morgan fingerprint density at radius 1 is 1.38 bits per heavy atom. The number of piperazine rings is 1. The number of carbonyl (C=O) groups excluding carboxylic acids is 1. The summed E-state index contributed by atoms with van der Waals surface area (Å²) in [6.07, 6.45) is 5.81. The minimum absolute atomic E-state index is 0. The van der Waals surface area contributed by atoms with Gasteiger partial charge in [0.25, 0.3) is 0 Å². The summed E-state index contributed by atoms with van der Waals surface area (Å²) in [4.78, 5) is 26.6. The first kappa shape index (κ1) is 23.9. The van der Waals surface area contributed by atoms with Gasteiger partial charge in [-0.2, -0.15) is 0 Å². The van der Waals surface area contributed by atoms with Gasteiger partial charge >= 0.3 is 0 Å². The van der Waals surface area contributed by atoms with Crippen LogP contribution in [0.25, 0.3) is 0 Å². The van der Waals surface area contributed by atoms with E-state index < -0.39 is 0 Å². The predicted molar refractivity (Wildman–Crippen MR) is 126 cm³/mol. The van der Waals surface area contributed by atoms with Crippen LogP contribution in [-0.2, 0) is 9.53 Å². The average Bonchev–Trinajstić information content (AvgIpc) is 3.22. The molecule has 29 heavy (non-hydrogen) atoms. The lowest BCUT2D eigenvalue weighted by molar-refractivity contribution is -0.127. The molecule has 3 rings (SSSR count). The van der Waals surface area contributed by atoms with Crippen molar-refractivity contribution in [3.05, 3.63) is 23.5 Å². The highest BCUT2D eigenvalue weighted by molar-refractivity contribution is 14.0. The summed E-state index contributed by atoms with van der Waals surface area (Å²) in [6, 6.07) is 1.94. The van der Waals surface area contributed by atoms with Gasteiger partial charge in [-0.25, -0.2) is 4.99 Å². The second-order valence-corrected chi connectivity index (χ2v) is 7.65. The van der Waals surface area contributed by atoms with Crippen LogP contribution >= 0.6 is 35.6 Å². The van der Waals surface area contributed by atoms with E-state index in [1.807, 2.05) is 6.07 Å². The highest BCUT2D eigenvalue weighted by atomic mass is 127. The number of aromatic nitrogens is 1. The minimum atomic E-state index is -0.0152. The number of nitrogens with one attached hydrogen (secondary N) is 1. The molecule has 0 aliphatic carbocycles. The number of halogens is 2. The van der Waals surface area contributed by atoms with Crippen molar-refractivity contribution < 1.29 is 9.53 Å². The van der Waals surface area contributed by atoms with E-state index in [0.29, 0.717) is 11.6 Å². The maximum Gasteiger partial charge on any atom is 0.243 e. The molecule has 8 nitrogen and oxygen atoms in total. The highest BCUT2D eigenvalue weighted by Crippen LogP contribution is 2.25. The van der Waals surface area contributed by atoms with Crippen molar-refractivity contribution in [1.82, 2.24) is 20.1 Å². The van der Waals surface area contributed by atoms with Gasteiger partial charge in [0.15, 0.2) is 5.96 Å². The first-order chi connectivity index (χ1) is 13.5. The average molecular weight is 537 g/mol. The number of aliphatic imine (C=N–C) groups is 1. The molecule has 0 spiro atoms. The number of amides is 1. The molecule has 0 bridgehead atoms. The van der Waals surface area contributed by atoms with Crippen LogP contribution in [0.3, 0.4) is 0 Å². The number of hydrogen-bond acceptors (Lipinski definition) is 5. The summed E-state index contributed by atoms with van der Waals surface area (Å²) in [5, 5.41) is 4.08. The number of ether oxygens (including phenoxy) is 1. The lowest BCUT2D eigenvalue weighted by Gasteiger charge is -2.38. The zero-order valence-corrected chi connectivity index (χ0v) is 20.1. The standard InChI is InChI=1S/C19H29ClN6O2.HI/c1-24(2)18(27)14-23-19(22-12-15-4-3-11-28-15)26-9-7-25(8-10-26)17-5-6-21-13-16(17)20;/h5-6,13,15H,3-4,7-12,14H2,1-2H3,(H,22,23);1H. The van der Waals surface area contributed by atoms with Crippen molar-refractivity contribution in [2.75, 3.05) is 64.9 Å². The van der Waals surface area contributed by atoms with Crippen LogP contribution in [0.5, 0.6) is 0 Å². The molecular weight excluding hydrogens is 507 g/mol. The summed E-state index contributed by atoms with van der Waals surface area (Å²) in [5.41, 5.74) is 1.00. The molecule has 2 saturated heterocycles. The van der Waals surface area contributed by atoms with E-state index in [9.17, 15) is 4.79 Å². The van der Waals surface area contributed by atoms with Gasteiger partial charge < -0.3 is 24.8 Å². The van der Waals surface area contributed by atoms with Crippen molar-refractivity contribution in [1.29, 1.82) is 0 Å². The molecule has 0 saturated carbocycles. The highest BCUT2D eigenvalue weighted by Gasteiger charge is 2.23. The van der Waals surface area contributed by atoms with E-state index in [2.05, 4.69) is 25.1 Å². The number of rotatable bonds is 5. The van der Waals surface area contributed by atoms with Gasteiger partial charge in [-0.3, -0.25) is 9.78 Å². The number of anilines is 1. The first-order valence-corrected chi connectivity index (χ1v) is 10.1. The molecule has 0 radical (unpaired) electrons. The zero-order valence-electron chi connectivity index (χ0n) is 17.0. The Labute approximate surface area is 194 Å². The second-order valence-electron chi connectivity index (χ2n) is 7.25. The number of hydrogen-bond donors (Lipinski definition) is 1. The molecule has 2 aliphatic rings. The summed E-state index contributed by atoms with van der Waals surface area (Å²) in [7, 11) is 3.49. The molecule has 162 valence electrons. The Morgan fingerprint density at radius 3 is 2.76 bits per heavy atom. The van der Waals surface area contributed by atoms with Crippen LogP contribution in [0, 0.1) is 0 Å². The smallest absolute Gasteiger partial charge is 0.243 e. The van der Waals surface area contributed by atoms with Crippen molar-refractivity contribution in [3.63, 3.8) is 0 Å². The number of nitrogens with zero attached hydrogens (tertiary/aromatic N) is 5. The van der Waals surface area contributed by atoms with Gasteiger partial charge in [-0.05, 0) is 18.9 Å². The maximum absolute atomic E-state index is 12.0. The number of pyridine rings is 1. The van der Waals surface area contributed by atoms with E-state index in [1.54, 1.807) is 31.4 Å². The number of carbonyl (C=O) groups is 1. The van der Waals surface area contributed by atoms with Gasteiger partial charge in [0.05, 0.1) is 16.8 Å². The third-order valence-electron chi connectivity index (χ3n) is 5.05. The molecule has 1 aromatic rings. The van der Waals surface area contributed by atoms with Crippen LogP contribution in [0.15, 0.2) is 23.5 Å². The van der Waals surface area contributed by atoms with E-state index in [1.165, 1.54) is 0 Å². The summed E-state index contributed by atoms with van der Waals surface area (Å²) in [5.74, 6) is 0.754. The molecule has 1 aromatic heterocycles. The Bertz CT molecular complexity index is 691. The van der Waals surface area contributed by atoms with Crippen molar-refractivity contribution in [2.24, 2.45) is 4.99 Å². The molecule has 1 amide bonds. The predicted octanol–water partition coefficient (Wildman–Crippen LogP) is 1.69. The molecule has 2 fully saturated rings. The fraction of sp³-hybridized carbons (Fsp3) is 0.632. The number of guanidine groups is 1. The largest absolute Gasteiger partial charge is 0.376 e. The molecule has 1 N–H and O–H groups in total. The normalized spacial score (nSPS) is 19.7. The van der Waals surface area contributed by atoms with Crippen molar-refractivity contribution in [2.45, 2.75) is 18.9 Å². The van der Waals surface area contributed by atoms with Crippen LogP contribution in [-0.4, -0.2) is 92.7 Å². The molecule has 0 aromatic carbocycles. The monoisotopic (exact) mass is 536 g/mol. The molecule has 3 heterocycles. The summed E-state index contributed by atoms with van der Waals surface area (Å²) < 4.78 is 5.70. The van der Waals surface area contributed by atoms with E-state index in [0.717, 1.165) is 57.3 Å². The Balaban J connectivity index is 0.00000300. The second kappa shape index (κ2) is 11.8. The van der Waals surface area contributed by atoms with Gasteiger partial charge in [0, 0.05) is 65.8 Å². The fourth-order valence-electron chi connectivity index (χ4n) is 3.35. The quantitative estimate of drug-likeness (QED) is 0.351. The van der Waals surface area contributed by atoms with E-state index in [-0.39, 0.29) is 42.5 Å².